The number of ketones is 1. The number of alkyl halides is 3. The van der Waals surface area contributed by atoms with Crippen molar-refractivity contribution >= 4 is 5.78 Å². The maximum absolute atomic E-state index is 12.0. The molecule has 0 heterocycles. The number of halogens is 3. The highest BCUT2D eigenvalue weighted by Gasteiger charge is 2.31. The third-order valence-corrected chi connectivity index (χ3v) is 2.20. The molecule has 1 unspecified atom stereocenters. The predicted molar refractivity (Wildman–Crippen MR) is 56.8 cm³/mol. The highest BCUT2D eigenvalue weighted by molar-refractivity contribution is 5.98. The molecule has 0 amide bonds. The lowest BCUT2D eigenvalue weighted by Gasteiger charge is -2.11. The van der Waals surface area contributed by atoms with Gasteiger partial charge in [-0.25, -0.2) is 0 Å². The zero-order valence-corrected chi connectivity index (χ0v) is 9.49. The van der Waals surface area contributed by atoms with Crippen molar-refractivity contribution in [2.24, 2.45) is 5.92 Å². The molecule has 18 heavy (non-hydrogen) atoms. The molecular weight excluding hydrogens is 247 g/mol. The summed E-state index contributed by atoms with van der Waals surface area (Å²) in [5.41, 5.74) is 0.0968. The first-order valence-corrected chi connectivity index (χ1v) is 5.10. The van der Waals surface area contributed by atoms with E-state index in [9.17, 15) is 18.0 Å². The zero-order valence-electron chi connectivity index (χ0n) is 9.49. The summed E-state index contributed by atoms with van der Waals surface area (Å²) in [6.07, 6.45) is -4.77. The van der Waals surface area contributed by atoms with E-state index in [1.807, 2.05) is 6.07 Å². The van der Waals surface area contributed by atoms with Crippen molar-refractivity contribution in [3.63, 3.8) is 0 Å². The van der Waals surface area contributed by atoms with E-state index >= 15 is 0 Å². The van der Waals surface area contributed by atoms with Crippen LogP contribution in [0, 0.1) is 17.2 Å². The normalized spacial score (nSPS) is 12.6. The van der Waals surface area contributed by atoms with Crippen LogP contribution in [0.2, 0.25) is 0 Å². The van der Waals surface area contributed by atoms with Gasteiger partial charge in [-0.15, -0.1) is 13.2 Å². The maximum Gasteiger partial charge on any atom is 0.573 e. The fourth-order valence-electron chi connectivity index (χ4n) is 1.36. The topological polar surface area (TPSA) is 50.1 Å². The summed E-state index contributed by atoms with van der Waals surface area (Å²) in [5, 5.41) is 8.46. The van der Waals surface area contributed by atoms with Gasteiger partial charge in [-0.05, 0) is 12.1 Å². The van der Waals surface area contributed by atoms with Crippen molar-refractivity contribution in [3.05, 3.63) is 29.8 Å². The Morgan fingerprint density at radius 1 is 1.50 bits per heavy atom. The number of ether oxygens (including phenoxy) is 1. The number of benzene rings is 1. The van der Waals surface area contributed by atoms with Crippen molar-refractivity contribution in [2.75, 3.05) is 0 Å². The van der Waals surface area contributed by atoms with Gasteiger partial charge in [-0.2, -0.15) is 5.26 Å². The van der Waals surface area contributed by atoms with Crippen molar-refractivity contribution < 1.29 is 22.7 Å². The van der Waals surface area contributed by atoms with Crippen LogP contribution in [-0.4, -0.2) is 12.1 Å². The summed E-state index contributed by atoms with van der Waals surface area (Å²) in [6, 6.07) is 6.65. The fraction of sp³-hybridized carbons (Fsp3) is 0.333. The molecule has 0 bridgehead atoms. The molecule has 1 rings (SSSR count). The quantitative estimate of drug-likeness (QED) is 0.777. The van der Waals surface area contributed by atoms with E-state index in [1.165, 1.54) is 12.1 Å². The molecule has 0 saturated carbocycles. The van der Waals surface area contributed by atoms with Gasteiger partial charge in [0, 0.05) is 17.9 Å². The first kappa shape index (κ1) is 14.0. The predicted octanol–water partition coefficient (Wildman–Crippen LogP) is 3.32. The van der Waals surface area contributed by atoms with Crippen LogP contribution in [0.3, 0.4) is 0 Å². The monoisotopic (exact) mass is 257 g/mol. The Balaban J connectivity index is 2.89. The van der Waals surface area contributed by atoms with E-state index in [-0.39, 0.29) is 17.8 Å². The smallest absolute Gasteiger partial charge is 0.406 e. The Morgan fingerprint density at radius 2 is 2.17 bits per heavy atom. The summed E-state index contributed by atoms with van der Waals surface area (Å²) < 4.78 is 39.7. The van der Waals surface area contributed by atoms with Gasteiger partial charge in [0.2, 0.25) is 0 Å². The van der Waals surface area contributed by atoms with Crippen molar-refractivity contribution in [3.8, 4) is 11.8 Å². The molecule has 0 aliphatic carbocycles. The Kier molecular flexibility index (Phi) is 4.32. The van der Waals surface area contributed by atoms with E-state index in [2.05, 4.69) is 4.74 Å². The zero-order chi connectivity index (χ0) is 13.8. The number of hydrogen-bond acceptors (Lipinski definition) is 3. The van der Waals surface area contributed by atoms with Gasteiger partial charge in [-0.3, -0.25) is 4.79 Å². The number of Topliss-reactive ketones (excluding diaryl/α,β-unsaturated/α-hetero) is 1. The molecular formula is C12H10F3NO2. The second-order valence-electron chi connectivity index (χ2n) is 3.70. The standard InChI is InChI=1S/C12H10F3NO2/c1-8(5-6-16)11(17)9-3-2-4-10(7-9)18-12(13,14)15/h2-4,7-8H,5H2,1H3. The molecule has 0 fully saturated rings. The number of carbonyl (C=O) groups excluding carboxylic acids is 1. The van der Waals surface area contributed by atoms with Crippen LogP contribution >= 0.6 is 0 Å². The second-order valence-corrected chi connectivity index (χ2v) is 3.70. The Hall–Kier alpha value is -2.03. The van der Waals surface area contributed by atoms with Gasteiger partial charge in [-0.1, -0.05) is 19.1 Å². The van der Waals surface area contributed by atoms with E-state index in [1.54, 1.807) is 6.92 Å². The Morgan fingerprint density at radius 3 is 2.72 bits per heavy atom. The van der Waals surface area contributed by atoms with Crippen LogP contribution in [-0.2, 0) is 0 Å². The molecule has 1 aromatic rings. The first-order valence-electron chi connectivity index (χ1n) is 5.10. The van der Waals surface area contributed by atoms with Gasteiger partial charge in [0.1, 0.15) is 5.75 Å². The van der Waals surface area contributed by atoms with E-state index in [4.69, 9.17) is 5.26 Å². The van der Waals surface area contributed by atoms with Crippen LogP contribution in [0.25, 0.3) is 0 Å². The molecule has 96 valence electrons. The van der Waals surface area contributed by atoms with Crippen molar-refractivity contribution in [1.29, 1.82) is 5.26 Å². The summed E-state index contributed by atoms with van der Waals surface area (Å²) in [6.45, 7) is 1.54. The van der Waals surface area contributed by atoms with Gasteiger partial charge in [0.05, 0.1) is 6.07 Å². The SMILES string of the molecule is CC(CC#N)C(=O)c1cccc(OC(F)(F)F)c1. The molecule has 0 radical (unpaired) electrons. The lowest BCUT2D eigenvalue weighted by molar-refractivity contribution is -0.274. The van der Waals surface area contributed by atoms with Gasteiger partial charge in [0.25, 0.3) is 0 Å². The lowest BCUT2D eigenvalue weighted by atomic mass is 9.97. The minimum absolute atomic E-state index is 0.0171. The number of rotatable bonds is 4. The second kappa shape index (κ2) is 5.54. The number of carbonyl (C=O) groups is 1. The molecule has 0 aliphatic heterocycles. The largest absolute Gasteiger partial charge is 0.573 e. The third-order valence-electron chi connectivity index (χ3n) is 2.20. The Labute approximate surface area is 102 Å². The van der Waals surface area contributed by atoms with Crippen molar-refractivity contribution in [1.82, 2.24) is 0 Å². The molecule has 0 N–H and O–H groups in total. The van der Waals surface area contributed by atoms with E-state index in [0.717, 1.165) is 12.1 Å². The number of nitriles is 1. The molecule has 0 saturated heterocycles. The summed E-state index contributed by atoms with van der Waals surface area (Å²) in [7, 11) is 0. The van der Waals surface area contributed by atoms with E-state index in [0.29, 0.717) is 0 Å². The summed E-state index contributed by atoms with van der Waals surface area (Å²) in [5.74, 6) is -1.39. The molecule has 1 atom stereocenters. The van der Waals surface area contributed by atoms with Crippen molar-refractivity contribution in [2.45, 2.75) is 19.7 Å². The van der Waals surface area contributed by atoms with Gasteiger partial charge in [0.15, 0.2) is 5.78 Å². The van der Waals surface area contributed by atoms with Crippen LogP contribution in [0.5, 0.6) is 5.75 Å². The number of hydrogen-bond donors (Lipinski definition) is 0. The summed E-state index contributed by atoms with van der Waals surface area (Å²) in [4.78, 5) is 11.8. The average molecular weight is 257 g/mol. The molecule has 0 aromatic heterocycles. The Bertz CT molecular complexity index is 477. The molecule has 0 spiro atoms. The fourth-order valence-corrected chi connectivity index (χ4v) is 1.36. The van der Waals surface area contributed by atoms with Crippen LogP contribution in [0.4, 0.5) is 13.2 Å². The van der Waals surface area contributed by atoms with Crippen LogP contribution in [0.15, 0.2) is 24.3 Å². The minimum Gasteiger partial charge on any atom is -0.406 e. The molecule has 6 heteroatoms. The molecule has 3 nitrogen and oxygen atoms in total. The average Bonchev–Trinajstić information content (AvgIpc) is 2.26. The molecule has 0 aliphatic rings. The number of nitrogens with zero attached hydrogens (tertiary/aromatic N) is 1. The lowest BCUT2D eigenvalue weighted by Crippen LogP contribution is -2.17. The maximum atomic E-state index is 12.0. The highest BCUT2D eigenvalue weighted by atomic mass is 19.4. The highest BCUT2D eigenvalue weighted by Crippen LogP contribution is 2.24. The third kappa shape index (κ3) is 4.09. The molecule has 1 aromatic carbocycles. The first-order chi connectivity index (χ1) is 8.33. The summed E-state index contributed by atoms with van der Waals surface area (Å²) >= 11 is 0. The van der Waals surface area contributed by atoms with Crippen LogP contribution in [0.1, 0.15) is 23.7 Å². The van der Waals surface area contributed by atoms with Gasteiger partial charge < -0.3 is 4.74 Å². The minimum atomic E-state index is -4.79. The van der Waals surface area contributed by atoms with E-state index < -0.39 is 18.0 Å². The van der Waals surface area contributed by atoms with Gasteiger partial charge >= 0.3 is 6.36 Å². The van der Waals surface area contributed by atoms with Crippen LogP contribution < -0.4 is 4.74 Å².